The predicted molar refractivity (Wildman–Crippen MR) is 106 cm³/mol. The average molecular weight is 395 g/mol. The molecule has 0 N–H and O–H groups in total. The monoisotopic (exact) mass is 396 g/mol. The standard InChI is InChI=1S/C22H20O2Se/c1-23-19-12-8-17(9-13-19)16-22(25-21-6-4-3-5-7-21)18-10-14-20(24-2)15-11-18/h3-16H,1-2H3/b22-16-. The predicted octanol–water partition coefficient (Wildman–Crippen LogP) is 4.23. The second-order valence-corrected chi connectivity index (χ2v) is 7.77. The third-order valence-corrected chi connectivity index (χ3v) is 6.03. The zero-order valence-electron chi connectivity index (χ0n) is 14.3. The van der Waals surface area contributed by atoms with Crippen molar-refractivity contribution in [1.82, 2.24) is 0 Å². The second-order valence-electron chi connectivity index (χ2n) is 5.43. The molecule has 0 bridgehead atoms. The van der Waals surface area contributed by atoms with Crippen LogP contribution >= 0.6 is 0 Å². The summed E-state index contributed by atoms with van der Waals surface area (Å²) in [4.78, 5) is 0. The van der Waals surface area contributed by atoms with Crippen molar-refractivity contribution in [2.45, 2.75) is 0 Å². The van der Waals surface area contributed by atoms with Gasteiger partial charge in [0, 0.05) is 0 Å². The van der Waals surface area contributed by atoms with Crippen molar-refractivity contribution in [1.29, 1.82) is 0 Å². The molecule has 0 spiro atoms. The maximum absolute atomic E-state index is 5.28. The minimum absolute atomic E-state index is 0.218. The van der Waals surface area contributed by atoms with Gasteiger partial charge in [-0.1, -0.05) is 0 Å². The first kappa shape index (κ1) is 17.3. The van der Waals surface area contributed by atoms with Gasteiger partial charge in [-0.3, -0.25) is 0 Å². The third kappa shape index (κ3) is 4.76. The van der Waals surface area contributed by atoms with Crippen molar-refractivity contribution in [3.05, 3.63) is 90.0 Å². The molecule has 0 amide bonds. The molecule has 0 aliphatic heterocycles. The zero-order chi connectivity index (χ0) is 17.5. The first-order valence-corrected chi connectivity index (χ1v) is 9.73. The van der Waals surface area contributed by atoms with Gasteiger partial charge in [-0.15, -0.1) is 0 Å². The zero-order valence-corrected chi connectivity index (χ0v) is 16.0. The number of benzene rings is 3. The van der Waals surface area contributed by atoms with Crippen LogP contribution in [0.2, 0.25) is 0 Å². The summed E-state index contributed by atoms with van der Waals surface area (Å²) < 4.78 is 13.2. The van der Waals surface area contributed by atoms with E-state index in [0.717, 1.165) is 11.5 Å². The summed E-state index contributed by atoms with van der Waals surface area (Å²) >= 11 is 0.218. The molecule has 0 fully saturated rings. The molecule has 0 heterocycles. The summed E-state index contributed by atoms with van der Waals surface area (Å²) in [7, 11) is 3.38. The van der Waals surface area contributed by atoms with E-state index in [4.69, 9.17) is 9.47 Å². The van der Waals surface area contributed by atoms with Crippen LogP contribution in [0.15, 0.2) is 78.9 Å². The van der Waals surface area contributed by atoms with E-state index in [9.17, 15) is 0 Å². The SMILES string of the molecule is COc1ccc(/C=C(\[Se]c2ccccc2)c2ccc(OC)cc2)cc1. The van der Waals surface area contributed by atoms with Gasteiger partial charge in [0.05, 0.1) is 0 Å². The van der Waals surface area contributed by atoms with Gasteiger partial charge >= 0.3 is 155 Å². The Morgan fingerprint density at radius 1 is 0.720 bits per heavy atom. The molecule has 3 aromatic rings. The average Bonchev–Trinajstić information content (AvgIpc) is 2.69. The Hall–Kier alpha value is -2.48. The summed E-state index contributed by atoms with van der Waals surface area (Å²) in [6.07, 6.45) is 2.26. The van der Waals surface area contributed by atoms with Crippen LogP contribution in [0, 0.1) is 0 Å². The van der Waals surface area contributed by atoms with Crippen LogP contribution in [0.4, 0.5) is 0 Å². The van der Waals surface area contributed by atoms with Crippen LogP contribution in [0.25, 0.3) is 10.5 Å². The van der Waals surface area contributed by atoms with Crippen molar-refractivity contribution in [2.24, 2.45) is 0 Å². The topological polar surface area (TPSA) is 18.5 Å². The Morgan fingerprint density at radius 3 is 1.84 bits per heavy atom. The Kier molecular flexibility index (Phi) is 5.94. The van der Waals surface area contributed by atoms with Gasteiger partial charge in [0.2, 0.25) is 0 Å². The van der Waals surface area contributed by atoms with Gasteiger partial charge in [-0.2, -0.15) is 0 Å². The molecule has 0 saturated heterocycles. The Balaban J connectivity index is 1.95. The van der Waals surface area contributed by atoms with E-state index in [0.29, 0.717) is 0 Å². The number of rotatable bonds is 6. The molecular formula is C22H20O2Se. The van der Waals surface area contributed by atoms with Gasteiger partial charge < -0.3 is 0 Å². The quantitative estimate of drug-likeness (QED) is 0.459. The van der Waals surface area contributed by atoms with E-state index in [2.05, 4.69) is 60.7 Å². The normalized spacial score (nSPS) is 11.2. The van der Waals surface area contributed by atoms with Gasteiger partial charge in [-0.25, -0.2) is 0 Å². The summed E-state index contributed by atoms with van der Waals surface area (Å²) in [6, 6.07) is 27.0. The van der Waals surface area contributed by atoms with Gasteiger partial charge in [0.25, 0.3) is 0 Å². The summed E-state index contributed by atoms with van der Waals surface area (Å²) in [6.45, 7) is 0. The summed E-state index contributed by atoms with van der Waals surface area (Å²) in [5.41, 5.74) is 2.39. The number of ether oxygens (including phenoxy) is 2. The van der Waals surface area contributed by atoms with Crippen LogP contribution in [-0.2, 0) is 0 Å². The fourth-order valence-corrected chi connectivity index (χ4v) is 4.48. The van der Waals surface area contributed by atoms with Gasteiger partial charge in [0.15, 0.2) is 0 Å². The van der Waals surface area contributed by atoms with Crippen LogP contribution in [-0.4, -0.2) is 29.2 Å². The first-order valence-electron chi connectivity index (χ1n) is 8.01. The van der Waals surface area contributed by atoms with E-state index < -0.39 is 0 Å². The Morgan fingerprint density at radius 2 is 1.28 bits per heavy atom. The van der Waals surface area contributed by atoms with E-state index >= 15 is 0 Å². The fourth-order valence-electron chi connectivity index (χ4n) is 2.39. The maximum atomic E-state index is 5.28. The molecular weight excluding hydrogens is 375 g/mol. The summed E-state index contributed by atoms with van der Waals surface area (Å²) in [5.74, 6) is 1.75. The van der Waals surface area contributed by atoms with Gasteiger partial charge in [0.1, 0.15) is 0 Å². The molecule has 25 heavy (non-hydrogen) atoms. The third-order valence-electron chi connectivity index (χ3n) is 3.76. The molecule has 2 nitrogen and oxygen atoms in total. The van der Waals surface area contributed by atoms with Gasteiger partial charge in [-0.05, 0) is 0 Å². The Bertz CT molecular complexity index is 822. The van der Waals surface area contributed by atoms with Crippen molar-refractivity contribution in [2.75, 3.05) is 14.2 Å². The molecule has 0 atom stereocenters. The van der Waals surface area contributed by atoms with Crippen molar-refractivity contribution < 1.29 is 9.47 Å². The summed E-state index contributed by atoms with van der Waals surface area (Å²) in [5, 5.41) is 0. The van der Waals surface area contributed by atoms with E-state index in [-0.39, 0.29) is 15.0 Å². The van der Waals surface area contributed by atoms with Crippen LogP contribution < -0.4 is 13.9 Å². The molecule has 0 unspecified atom stereocenters. The van der Waals surface area contributed by atoms with E-state index in [1.54, 1.807) is 14.2 Å². The van der Waals surface area contributed by atoms with E-state index in [1.807, 2.05) is 24.3 Å². The second kappa shape index (κ2) is 8.57. The minimum atomic E-state index is 0.218. The van der Waals surface area contributed by atoms with E-state index in [1.165, 1.54) is 20.1 Å². The molecule has 126 valence electrons. The molecule has 3 heteroatoms. The van der Waals surface area contributed by atoms with Crippen LogP contribution in [0.5, 0.6) is 11.5 Å². The fraction of sp³-hybridized carbons (Fsp3) is 0.0909. The molecule has 3 rings (SSSR count). The number of hydrogen-bond acceptors (Lipinski definition) is 2. The molecule has 0 radical (unpaired) electrons. The van der Waals surface area contributed by atoms with Crippen molar-refractivity contribution in [3.63, 3.8) is 0 Å². The molecule has 3 aromatic carbocycles. The Labute approximate surface area is 155 Å². The molecule has 0 aliphatic carbocycles. The number of hydrogen-bond donors (Lipinski definition) is 0. The molecule has 0 aliphatic rings. The number of methoxy groups -OCH3 is 2. The van der Waals surface area contributed by atoms with Crippen LogP contribution in [0.3, 0.4) is 0 Å². The van der Waals surface area contributed by atoms with Crippen molar-refractivity contribution in [3.8, 4) is 11.5 Å². The molecule has 0 aromatic heterocycles. The van der Waals surface area contributed by atoms with Crippen molar-refractivity contribution >= 4 is 30.0 Å². The van der Waals surface area contributed by atoms with Crippen LogP contribution in [0.1, 0.15) is 11.1 Å². The molecule has 0 saturated carbocycles. The first-order chi connectivity index (χ1) is 12.3.